The minimum Gasteiger partial charge on any atom is -0.493 e. The predicted molar refractivity (Wildman–Crippen MR) is 102 cm³/mol. The topological polar surface area (TPSA) is 60.5 Å². The van der Waals surface area contributed by atoms with Crippen LogP contribution in [0.1, 0.15) is 5.56 Å². The van der Waals surface area contributed by atoms with E-state index in [0.717, 1.165) is 10.6 Å². The summed E-state index contributed by atoms with van der Waals surface area (Å²) in [6.45, 7) is 4.01. The number of methoxy groups -OCH3 is 1. The van der Waals surface area contributed by atoms with Gasteiger partial charge in [-0.25, -0.2) is 4.98 Å². The van der Waals surface area contributed by atoms with Gasteiger partial charge in [-0.2, -0.15) is 0 Å². The van der Waals surface area contributed by atoms with Crippen LogP contribution in [-0.4, -0.2) is 30.9 Å². The zero-order chi connectivity index (χ0) is 18.1. The average Bonchev–Trinajstić information content (AvgIpc) is 2.65. The molecule has 1 amide bonds. The third-order valence-electron chi connectivity index (χ3n) is 3.18. The van der Waals surface area contributed by atoms with Gasteiger partial charge >= 0.3 is 0 Å². The molecule has 0 aliphatic rings. The Bertz CT molecular complexity index is 758. The molecule has 0 atom stereocenters. The van der Waals surface area contributed by atoms with Crippen LogP contribution in [0.2, 0.25) is 0 Å². The summed E-state index contributed by atoms with van der Waals surface area (Å²) in [5.41, 5.74) is 1.48. The number of hydrogen-bond acceptors (Lipinski definition) is 5. The smallest absolute Gasteiger partial charge is 0.248 e. The van der Waals surface area contributed by atoms with Crippen LogP contribution in [0.25, 0.3) is 6.08 Å². The molecule has 1 N–H and O–H groups in total. The Morgan fingerprint density at radius 1 is 1.32 bits per heavy atom. The van der Waals surface area contributed by atoms with Crippen molar-refractivity contribution in [1.82, 2.24) is 4.98 Å². The van der Waals surface area contributed by atoms with E-state index in [1.807, 2.05) is 24.5 Å². The minimum atomic E-state index is -0.232. The lowest BCUT2D eigenvalue weighted by atomic mass is 10.2. The summed E-state index contributed by atoms with van der Waals surface area (Å²) in [5, 5.41) is 3.67. The lowest BCUT2D eigenvalue weighted by molar-refractivity contribution is -0.111. The van der Waals surface area contributed by atoms with Crippen molar-refractivity contribution in [3.8, 4) is 11.5 Å². The fraction of sp³-hybridized carbons (Fsp3) is 0.158. The van der Waals surface area contributed by atoms with E-state index < -0.39 is 0 Å². The SMILES string of the molecule is C=CCOc1ccc(/C=C/C(=O)Nc2ccc(SC)nc2)cc1OC. The summed E-state index contributed by atoms with van der Waals surface area (Å²) in [6, 6.07) is 9.12. The van der Waals surface area contributed by atoms with Crippen LogP contribution in [0, 0.1) is 0 Å². The number of ether oxygens (including phenoxy) is 2. The Morgan fingerprint density at radius 2 is 2.16 bits per heavy atom. The lowest BCUT2D eigenvalue weighted by Crippen LogP contribution is -2.07. The summed E-state index contributed by atoms with van der Waals surface area (Å²) in [5.74, 6) is 0.995. The van der Waals surface area contributed by atoms with E-state index in [1.165, 1.54) is 6.08 Å². The van der Waals surface area contributed by atoms with Crippen molar-refractivity contribution in [2.75, 3.05) is 25.3 Å². The third kappa shape index (κ3) is 5.69. The molecule has 2 rings (SSSR count). The molecule has 0 unspecified atom stereocenters. The van der Waals surface area contributed by atoms with Gasteiger partial charge in [-0.3, -0.25) is 4.79 Å². The maximum absolute atomic E-state index is 12.0. The number of benzene rings is 1. The number of nitrogens with one attached hydrogen (secondary N) is 1. The van der Waals surface area contributed by atoms with Gasteiger partial charge in [0.1, 0.15) is 6.61 Å². The molecule has 0 fully saturated rings. The normalized spacial score (nSPS) is 10.5. The summed E-state index contributed by atoms with van der Waals surface area (Å²) in [6.07, 6.45) is 8.41. The van der Waals surface area contributed by atoms with Crippen LogP contribution < -0.4 is 14.8 Å². The zero-order valence-corrected chi connectivity index (χ0v) is 15.0. The van der Waals surface area contributed by atoms with Crippen molar-refractivity contribution >= 4 is 29.4 Å². The fourth-order valence-electron chi connectivity index (χ4n) is 1.99. The molecule has 6 heteroatoms. The molecule has 0 bridgehead atoms. The molecule has 1 aromatic carbocycles. The Morgan fingerprint density at radius 3 is 2.80 bits per heavy atom. The van der Waals surface area contributed by atoms with Gasteiger partial charge < -0.3 is 14.8 Å². The quantitative estimate of drug-likeness (QED) is 0.440. The first-order valence-electron chi connectivity index (χ1n) is 7.57. The van der Waals surface area contributed by atoms with Crippen molar-refractivity contribution < 1.29 is 14.3 Å². The summed E-state index contributed by atoms with van der Waals surface area (Å²) in [4.78, 5) is 16.2. The van der Waals surface area contributed by atoms with Crippen LogP contribution in [0.15, 0.2) is 60.3 Å². The number of anilines is 1. The standard InChI is InChI=1S/C19H20N2O3S/c1-4-11-24-16-8-5-14(12-17(16)23-2)6-9-18(22)21-15-7-10-19(25-3)20-13-15/h4-10,12-13H,1,11H2,2-3H3,(H,21,22)/b9-6+. The van der Waals surface area contributed by atoms with Crippen molar-refractivity contribution in [3.63, 3.8) is 0 Å². The highest BCUT2D eigenvalue weighted by molar-refractivity contribution is 7.98. The van der Waals surface area contributed by atoms with E-state index in [0.29, 0.717) is 23.8 Å². The molecule has 1 aromatic heterocycles. The first-order valence-corrected chi connectivity index (χ1v) is 8.79. The highest BCUT2D eigenvalue weighted by Crippen LogP contribution is 2.28. The van der Waals surface area contributed by atoms with Crippen molar-refractivity contribution in [2.24, 2.45) is 0 Å². The number of amides is 1. The van der Waals surface area contributed by atoms with Crippen LogP contribution in [0.4, 0.5) is 5.69 Å². The number of pyridine rings is 1. The molecule has 0 spiro atoms. The van der Waals surface area contributed by atoms with Crippen molar-refractivity contribution in [1.29, 1.82) is 0 Å². The van der Waals surface area contributed by atoms with Crippen LogP contribution in [0.3, 0.4) is 0 Å². The second kappa shape index (κ2) is 9.54. The summed E-state index contributed by atoms with van der Waals surface area (Å²) < 4.78 is 10.8. The maximum atomic E-state index is 12.0. The van der Waals surface area contributed by atoms with E-state index in [1.54, 1.807) is 49.4 Å². The molecule has 0 saturated carbocycles. The van der Waals surface area contributed by atoms with E-state index >= 15 is 0 Å². The molecule has 0 saturated heterocycles. The number of carbonyl (C=O) groups excluding carboxylic acids is 1. The molecule has 1 heterocycles. The third-order valence-corrected chi connectivity index (χ3v) is 3.84. The van der Waals surface area contributed by atoms with Gasteiger partial charge in [0.05, 0.1) is 24.0 Å². The number of rotatable bonds is 8. The van der Waals surface area contributed by atoms with Gasteiger partial charge in [0.15, 0.2) is 11.5 Å². The molecule has 0 radical (unpaired) electrons. The molecule has 25 heavy (non-hydrogen) atoms. The van der Waals surface area contributed by atoms with Crippen molar-refractivity contribution in [3.05, 3.63) is 60.8 Å². The van der Waals surface area contributed by atoms with Gasteiger partial charge in [-0.05, 0) is 42.2 Å². The number of aromatic nitrogens is 1. The van der Waals surface area contributed by atoms with Gasteiger partial charge in [0.25, 0.3) is 0 Å². The monoisotopic (exact) mass is 356 g/mol. The molecule has 2 aromatic rings. The van der Waals surface area contributed by atoms with Crippen LogP contribution in [0.5, 0.6) is 11.5 Å². The molecule has 0 aliphatic heterocycles. The summed E-state index contributed by atoms with van der Waals surface area (Å²) in [7, 11) is 1.57. The van der Waals surface area contributed by atoms with Gasteiger partial charge in [0.2, 0.25) is 5.91 Å². The highest BCUT2D eigenvalue weighted by atomic mass is 32.2. The first kappa shape index (κ1) is 18.6. The van der Waals surface area contributed by atoms with E-state index in [-0.39, 0.29) is 5.91 Å². The van der Waals surface area contributed by atoms with Gasteiger partial charge in [-0.15, -0.1) is 11.8 Å². The van der Waals surface area contributed by atoms with E-state index in [2.05, 4.69) is 16.9 Å². The number of carbonyl (C=O) groups is 1. The lowest BCUT2D eigenvalue weighted by Gasteiger charge is -2.09. The molecule has 0 aliphatic carbocycles. The number of hydrogen-bond donors (Lipinski definition) is 1. The van der Waals surface area contributed by atoms with E-state index in [9.17, 15) is 4.79 Å². The Labute approximate surface area is 151 Å². The molecule has 130 valence electrons. The van der Waals surface area contributed by atoms with Gasteiger partial charge in [0, 0.05) is 6.08 Å². The Balaban J connectivity index is 2.01. The minimum absolute atomic E-state index is 0.232. The Hall–Kier alpha value is -2.73. The zero-order valence-electron chi connectivity index (χ0n) is 14.2. The maximum Gasteiger partial charge on any atom is 0.248 e. The van der Waals surface area contributed by atoms with E-state index in [4.69, 9.17) is 9.47 Å². The van der Waals surface area contributed by atoms with Crippen molar-refractivity contribution in [2.45, 2.75) is 5.03 Å². The Kier molecular flexibility index (Phi) is 7.10. The second-order valence-electron chi connectivity index (χ2n) is 4.92. The molecular formula is C19H20N2O3S. The van der Waals surface area contributed by atoms with Crippen LogP contribution >= 0.6 is 11.8 Å². The predicted octanol–water partition coefficient (Wildman–Crippen LogP) is 4.03. The number of thioether (sulfide) groups is 1. The highest BCUT2D eigenvalue weighted by Gasteiger charge is 2.05. The molecule has 5 nitrogen and oxygen atoms in total. The van der Waals surface area contributed by atoms with Crippen LogP contribution in [-0.2, 0) is 4.79 Å². The second-order valence-corrected chi connectivity index (χ2v) is 5.75. The average molecular weight is 356 g/mol. The van der Waals surface area contributed by atoms with Gasteiger partial charge in [-0.1, -0.05) is 18.7 Å². The largest absolute Gasteiger partial charge is 0.493 e. The fourth-order valence-corrected chi connectivity index (χ4v) is 2.35. The first-order chi connectivity index (χ1) is 12.2. The summed E-state index contributed by atoms with van der Waals surface area (Å²) >= 11 is 1.55. The molecular weight excluding hydrogens is 336 g/mol. The number of nitrogens with zero attached hydrogens (tertiary/aromatic N) is 1.